The summed E-state index contributed by atoms with van der Waals surface area (Å²) in [4.78, 5) is 4.69. The highest BCUT2D eigenvalue weighted by Crippen LogP contribution is 2.31. The number of hydrogen-bond acceptors (Lipinski definition) is 2. The van der Waals surface area contributed by atoms with Crippen LogP contribution < -0.4 is 4.74 Å². The summed E-state index contributed by atoms with van der Waals surface area (Å²) in [5.41, 5.74) is 4.82. The fourth-order valence-corrected chi connectivity index (χ4v) is 2.83. The summed E-state index contributed by atoms with van der Waals surface area (Å²) < 4.78 is 5.32. The molecule has 0 radical (unpaired) electrons. The Balaban J connectivity index is 1.97. The van der Waals surface area contributed by atoms with E-state index in [4.69, 9.17) is 16.3 Å². The van der Waals surface area contributed by atoms with Crippen LogP contribution in [0.3, 0.4) is 0 Å². The second-order valence-corrected chi connectivity index (χ2v) is 5.29. The molecular weight excluding hydrogens is 270 g/mol. The van der Waals surface area contributed by atoms with Gasteiger partial charge in [-0.15, -0.1) is 0 Å². The first-order chi connectivity index (χ1) is 9.78. The largest absolute Gasteiger partial charge is 0.495 e. The molecule has 0 aromatic heterocycles. The van der Waals surface area contributed by atoms with E-state index in [9.17, 15) is 0 Å². The van der Waals surface area contributed by atoms with Gasteiger partial charge in [-0.1, -0.05) is 41.9 Å². The summed E-state index contributed by atoms with van der Waals surface area (Å²) >= 11 is 6.20. The number of nitrogens with zero attached hydrogens (tertiary/aromatic N) is 1. The molecule has 0 bridgehead atoms. The van der Waals surface area contributed by atoms with E-state index >= 15 is 0 Å². The first kappa shape index (κ1) is 13.2. The van der Waals surface area contributed by atoms with E-state index in [1.54, 1.807) is 7.11 Å². The highest BCUT2D eigenvalue weighted by Gasteiger charge is 2.17. The summed E-state index contributed by atoms with van der Waals surface area (Å²) in [5.74, 6) is 0.716. The van der Waals surface area contributed by atoms with Gasteiger partial charge in [0, 0.05) is 24.2 Å². The molecule has 0 saturated heterocycles. The smallest absolute Gasteiger partial charge is 0.138 e. The van der Waals surface area contributed by atoms with Crippen LogP contribution in [0.25, 0.3) is 0 Å². The quantitative estimate of drug-likeness (QED) is 0.837. The average Bonchev–Trinajstić information content (AvgIpc) is 2.48. The van der Waals surface area contributed by atoms with Crippen LogP contribution in [0, 0.1) is 0 Å². The van der Waals surface area contributed by atoms with E-state index in [-0.39, 0.29) is 0 Å². The van der Waals surface area contributed by atoms with Gasteiger partial charge in [-0.2, -0.15) is 0 Å². The number of benzene rings is 2. The van der Waals surface area contributed by atoms with Crippen molar-refractivity contribution in [3.05, 3.63) is 64.2 Å². The van der Waals surface area contributed by atoms with Gasteiger partial charge in [0.05, 0.1) is 12.1 Å². The van der Waals surface area contributed by atoms with Gasteiger partial charge in [-0.3, -0.25) is 4.99 Å². The van der Waals surface area contributed by atoms with Crippen LogP contribution in [0.2, 0.25) is 5.02 Å². The summed E-state index contributed by atoms with van der Waals surface area (Å²) in [7, 11) is 1.64. The molecule has 2 aromatic carbocycles. The van der Waals surface area contributed by atoms with E-state index in [0.717, 1.165) is 25.1 Å². The fraction of sp³-hybridized carbons (Fsp3) is 0.235. The van der Waals surface area contributed by atoms with Crippen LogP contribution >= 0.6 is 11.6 Å². The van der Waals surface area contributed by atoms with Crippen LogP contribution in [0.4, 0.5) is 0 Å². The predicted octanol–water partition coefficient (Wildman–Crippen LogP) is 3.94. The first-order valence-corrected chi connectivity index (χ1v) is 7.10. The number of aliphatic imine (C=N–C) groups is 1. The van der Waals surface area contributed by atoms with Gasteiger partial charge in [0.15, 0.2) is 0 Å². The zero-order chi connectivity index (χ0) is 13.9. The zero-order valence-electron chi connectivity index (χ0n) is 11.4. The van der Waals surface area contributed by atoms with Gasteiger partial charge in [0.25, 0.3) is 0 Å². The summed E-state index contributed by atoms with van der Waals surface area (Å²) in [6.45, 7) is 0.831. The van der Waals surface area contributed by atoms with Crippen LogP contribution in [0.15, 0.2) is 47.5 Å². The van der Waals surface area contributed by atoms with Crippen LogP contribution in [0.5, 0.6) is 5.75 Å². The Hall–Kier alpha value is -1.80. The molecule has 0 atom stereocenters. The topological polar surface area (TPSA) is 21.6 Å². The van der Waals surface area contributed by atoms with Crippen molar-refractivity contribution >= 4 is 17.3 Å². The second kappa shape index (κ2) is 5.68. The molecule has 3 rings (SSSR count). The van der Waals surface area contributed by atoms with Gasteiger partial charge in [-0.25, -0.2) is 0 Å². The molecule has 2 aromatic rings. The molecule has 0 amide bonds. The van der Waals surface area contributed by atoms with Crippen molar-refractivity contribution in [1.82, 2.24) is 0 Å². The maximum atomic E-state index is 6.20. The van der Waals surface area contributed by atoms with Crippen molar-refractivity contribution in [3.8, 4) is 5.75 Å². The molecule has 2 nitrogen and oxygen atoms in total. The number of methoxy groups -OCH3 is 1. The van der Waals surface area contributed by atoms with E-state index in [1.807, 2.05) is 18.2 Å². The molecule has 0 spiro atoms. The number of hydrogen-bond donors (Lipinski definition) is 0. The molecule has 3 heteroatoms. The third-order valence-corrected chi connectivity index (χ3v) is 3.88. The van der Waals surface area contributed by atoms with Gasteiger partial charge in [0.2, 0.25) is 0 Å². The van der Waals surface area contributed by atoms with Crippen LogP contribution in [0.1, 0.15) is 16.7 Å². The number of halogens is 1. The molecule has 20 heavy (non-hydrogen) atoms. The summed E-state index contributed by atoms with van der Waals surface area (Å²) in [6, 6.07) is 14.4. The lowest BCUT2D eigenvalue weighted by molar-refractivity contribution is 0.414. The minimum atomic E-state index is 0.673. The molecule has 0 unspecified atom stereocenters. The van der Waals surface area contributed by atoms with Crippen LogP contribution in [-0.4, -0.2) is 19.4 Å². The molecule has 1 aliphatic heterocycles. The van der Waals surface area contributed by atoms with E-state index in [2.05, 4.69) is 29.3 Å². The highest BCUT2D eigenvalue weighted by molar-refractivity contribution is 6.32. The van der Waals surface area contributed by atoms with Crippen molar-refractivity contribution < 1.29 is 4.74 Å². The lowest BCUT2D eigenvalue weighted by Gasteiger charge is -2.19. The molecule has 0 fully saturated rings. The molecule has 0 N–H and O–H groups in total. The predicted molar refractivity (Wildman–Crippen MR) is 83.3 cm³/mol. The van der Waals surface area contributed by atoms with E-state index in [0.29, 0.717) is 10.8 Å². The van der Waals surface area contributed by atoms with Gasteiger partial charge < -0.3 is 4.74 Å². The third-order valence-electron chi connectivity index (χ3n) is 3.59. The molecule has 1 aliphatic rings. The van der Waals surface area contributed by atoms with E-state index in [1.165, 1.54) is 16.7 Å². The minimum absolute atomic E-state index is 0.673. The average molecular weight is 286 g/mol. The lowest BCUT2D eigenvalue weighted by Crippen LogP contribution is -2.15. The first-order valence-electron chi connectivity index (χ1n) is 6.72. The van der Waals surface area contributed by atoms with Gasteiger partial charge in [-0.05, 0) is 29.7 Å². The van der Waals surface area contributed by atoms with Crippen molar-refractivity contribution in [2.24, 2.45) is 4.99 Å². The Kier molecular flexibility index (Phi) is 3.75. The van der Waals surface area contributed by atoms with Crippen molar-refractivity contribution in [3.63, 3.8) is 0 Å². The van der Waals surface area contributed by atoms with E-state index < -0.39 is 0 Å². The number of ether oxygens (including phenoxy) is 1. The normalized spacial score (nSPS) is 13.6. The Morgan fingerprint density at radius 1 is 1.20 bits per heavy atom. The summed E-state index contributed by atoms with van der Waals surface area (Å²) in [6.07, 6.45) is 1.79. The van der Waals surface area contributed by atoms with Crippen molar-refractivity contribution in [2.75, 3.05) is 13.7 Å². The SMILES string of the molecule is COc1cc2c(cc1Cl)CCN=C2Cc1ccccc1. The number of rotatable bonds is 3. The highest BCUT2D eigenvalue weighted by atomic mass is 35.5. The molecular formula is C17H16ClNO. The Morgan fingerprint density at radius 3 is 2.75 bits per heavy atom. The Bertz CT molecular complexity index is 650. The minimum Gasteiger partial charge on any atom is -0.495 e. The molecule has 0 saturated carbocycles. The molecule has 102 valence electrons. The lowest BCUT2D eigenvalue weighted by atomic mass is 9.93. The number of fused-ring (bicyclic) bond motifs is 1. The maximum absolute atomic E-state index is 6.20. The second-order valence-electron chi connectivity index (χ2n) is 4.88. The molecule has 1 heterocycles. The maximum Gasteiger partial charge on any atom is 0.138 e. The monoisotopic (exact) mass is 285 g/mol. The fourth-order valence-electron chi connectivity index (χ4n) is 2.56. The van der Waals surface area contributed by atoms with Crippen LogP contribution in [-0.2, 0) is 12.8 Å². The van der Waals surface area contributed by atoms with Crippen molar-refractivity contribution in [2.45, 2.75) is 12.8 Å². The zero-order valence-corrected chi connectivity index (χ0v) is 12.2. The third kappa shape index (κ3) is 2.56. The molecule has 0 aliphatic carbocycles. The standard InChI is InChI=1S/C17H16ClNO/c1-20-17-11-14-13(10-15(17)18)7-8-19-16(14)9-12-5-3-2-4-6-12/h2-6,10-11H,7-9H2,1H3. The van der Waals surface area contributed by atoms with Gasteiger partial charge >= 0.3 is 0 Å². The Labute approximate surface area is 124 Å². The Morgan fingerprint density at radius 2 is 2.00 bits per heavy atom. The van der Waals surface area contributed by atoms with Gasteiger partial charge in [0.1, 0.15) is 5.75 Å². The van der Waals surface area contributed by atoms with Crippen molar-refractivity contribution in [1.29, 1.82) is 0 Å². The summed E-state index contributed by atoms with van der Waals surface area (Å²) in [5, 5.41) is 0.673.